The number of carbonyl (C=O) groups is 3. The van der Waals surface area contributed by atoms with E-state index >= 15 is 0 Å². The van der Waals surface area contributed by atoms with Crippen LogP contribution in [0.15, 0.2) is 47.9 Å². The van der Waals surface area contributed by atoms with Crippen LogP contribution in [0, 0.1) is 0 Å². The van der Waals surface area contributed by atoms with E-state index in [4.69, 9.17) is 9.47 Å². The Bertz CT molecular complexity index is 967. The van der Waals surface area contributed by atoms with Gasteiger partial charge < -0.3 is 24.8 Å². The zero-order valence-corrected chi connectivity index (χ0v) is 18.6. The Balaban J connectivity index is 1.64. The molecule has 170 valence electrons. The lowest BCUT2D eigenvalue weighted by Crippen LogP contribution is -2.41. The van der Waals surface area contributed by atoms with E-state index in [1.807, 2.05) is 17.5 Å². The molecular weight excluding hydrogens is 432 g/mol. The van der Waals surface area contributed by atoms with Gasteiger partial charge in [-0.2, -0.15) is 0 Å². The number of phenols is 1. The summed E-state index contributed by atoms with van der Waals surface area (Å²) in [5.74, 6) is -1.13. The zero-order chi connectivity index (χ0) is 22.9. The van der Waals surface area contributed by atoms with Crippen molar-refractivity contribution < 1.29 is 29.0 Å². The van der Waals surface area contributed by atoms with Crippen LogP contribution in [-0.2, 0) is 20.9 Å². The van der Waals surface area contributed by atoms with Crippen LogP contribution in [0.1, 0.15) is 28.1 Å². The topological polar surface area (TPSA) is 105 Å². The first-order valence-electron chi connectivity index (χ1n) is 10.2. The van der Waals surface area contributed by atoms with Gasteiger partial charge in [0, 0.05) is 30.2 Å². The van der Waals surface area contributed by atoms with Gasteiger partial charge in [0.15, 0.2) is 5.78 Å². The number of hydrogen-bond donors (Lipinski definition) is 2. The Kier molecular flexibility index (Phi) is 8.41. The van der Waals surface area contributed by atoms with E-state index in [1.54, 1.807) is 6.07 Å². The number of ketones is 1. The van der Waals surface area contributed by atoms with E-state index in [2.05, 4.69) is 5.32 Å². The highest BCUT2D eigenvalue weighted by atomic mass is 32.1. The van der Waals surface area contributed by atoms with E-state index in [0.717, 1.165) is 29.9 Å². The van der Waals surface area contributed by atoms with Crippen molar-refractivity contribution in [3.8, 4) is 11.5 Å². The summed E-state index contributed by atoms with van der Waals surface area (Å²) in [7, 11) is 1.45. The van der Waals surface area contributed by atoms with Crippen LogP contribution in [-0.4, -0.2) is 60.5 Å². The molecule has 3 rings (SSSR count). The number of methoxy groups -OCH3 is 1. The molecule has 0 radical (unpaired) electrons. The highest BCUT2D eigenvalue weighted by Crippen LogP contribution is 2.24. The Morgan fingerprint density at radius 3 is 2.81 bits per heavy atom. The molecule has 2 aromatic rings. The third-order valence-corrected chi connectivity index (χ3v) is 5.83. The molecule has 32 heavy (non-hydrogen) atoms. The Hall–Kier alpha value is -3.17. The van der Waals surface area contributed by atoms with Gasteiger partial charge >= 0.3 is 0 Å². The SMILES string of the molecule is COc1ccc(C(=O)/C=C/C(=O)N(CC(=O)NC[C@@H]2CCCO2)Cc2cccs2)c(O)c1. The monoisotopic (exact) mass is 458 g/mol. The van der Waals surface area contributed by atoms with Crippen molar-refractivity contribution in [2.24, 2.45) is 0 Å². The van der Waals surface area contributed by atoms with E-state index in [0.29, 0.717) is 18.9 Å². The number of carbonyl (C=O) groups excluding carboxylic acids is 3. The molecule has 0 aliphatic carbocycles. The highest BCUT2D eigenvalue weighted by molar-refractivity contribution is 7.09. The fourth-order valence-corrected chi connectivity index (χ4v) is 3.97. The number of allylic oxidation sites excluding steroid dienone is 1. The molecule has 9 heteroatoms. The minimum atomic E-state index is -0.530. The average Bonchev–Trinajstić information content (AvgIpc) is 3.49. The number of rotatable bonds is 10. The van der Waals surface area contributed by atoms with E-state index < -0.39 is 11.7 Å². The van der Waals surface area contributed by atoms with Crippen molar-refractivity contribution in [3.05, 3.63) is 58.3 Å². The summed E-state index contributed by atoms with van der Waals surface area (Å²) in [6.45, 7) is 1.21. The lowest BCUT2D eigenvalue weighted by molar-refractivity contribution is -0.133. The zero-order valence-electron chi connectivity index (χ0n) is 17.8. The number of aromatic hydroxyl groups is 1. The van der Waals surface area contributed by atoms with E-state index in [-0.39, 0.29) is 36.4 Å². The maximum absolute atomic E-state index is 12.8. The van der Waals surface area contributed by atoms with E-state index in [1.165, 1.54) is 35.5 Å². The molecular formula is C23H26N2O6S. The van der Waals surface area contributed by atoms with Gasteiger partial charge in [0.2, 0.25) is 11.8 Å². The number of nitrogens with one attached hydrogen (secondary N) is 1. The first kappa shape index (κ1) is 23.5. The first-order chi connectivity index (χ1) is 15.5. The van der Waals surface area contributed by atoms with Gasteiger partial charge in [-0.3, -0.25) is 14.4 Å². The van der Waals surface area contributed by atoms with Crippen LogP contribution in [0.25, 0.3) is 0 Å². The summed E-state index contributed by atoms with van der Waals surface area (Å²) in [4.78, 5) is 39.9. The third-order valence-electron chi connectivity index (χ3n) is 4.97. The maximum atomic E-state index is 12.8. The minimum absolute atomic E-state index is 0.00934. The van der Waals surface area contributed by atoms with Crippen molar-refractivity contribution in [1.82, 2.24) is 10.2 Å². The van der Waals surface area contributed by atoms with Crippen LogP contribution in [0.3, 0.4) is 0 Å². The van der Waals surface area contributed by atoms with Crippen LogP contribution >= 0.6 is 11.3 Å². The van der Waals surface area contributed by atoms with Gasteiger partial charge in [0.05, 0.1) is 25.3 Å². The Labute approximate surface area is 190 Å². The Morgan fingerprint density at radius 1 is 1.31 bits per heavy atom. The predicted octanol–water partition coefficient (Wildman–Crippen LogP) is 2.53. The molecule has 1 fully saturated rings. The van der Waals surface area contributed by atoms with Gasteiger partial charge in [-0.05, 0) is 42.5 Å². The average molecular weight is 459 g/mol. The Morgan fingerprint density at radius 2 is 2.16 bits per heavy atom. The second-order valence-electron chi connectivity index (χ2n) is 7.29. The molecule has 1 saturated heterocycles. The van der Waals surface area contributed by atoms with Gasteiger partial charge in [-0.25, -0.2) is 0 Å². The number of benzene rings is 1. The highest BCUT2D eigenvalue weighted by Gasteiger charge is 2.20. The van der Waals surface area contributed by atoms with Crippen molar-refractivity contribution in [2.75, 3.05) is 26.8 Å². The minimum Gasteiger partial charge on any atom is -0.507 e. The molecule has 1 aromatic carbocycles. The van der Waals surface area contributed by atoms with Crippen molar-refractivity contribution in [1.29, 1.82) is 0 Å². The van der Waals surface area contributed by atoms with Crippen molar-refractivity contribution in [3.63, 3.8) is 0 Å². The van der Waals surface area contributed by atoms with Crippen molar-refractivity contribution >= 4 is 28.9 Å². The number of hydrogen-bond acceptors (Lipinski definition) is 7. The third kappa shape index (κ3) is 6.66. The molecule has 0 saturated carbocycles. The van der Waals surface area contributed by atoms with Crippen LogP contribution in [0.5, 0.6) is 11.5 Å². The summed E-state index contributed by atoms with van der Waals surface area (Å²) in [6, 6.07) is 8.03. The molecule has 2 heterocycles. The van der Waals surface area contributed by atoms with Crippen LogP contribution in [0.4, 0.5) is 0 Å². The molecule has 2 N–H and O–H groups in total. The predicted molar refractivity (Wildman–Crippen MR) is 120 cm³/mol. The molecule has 1 aliphatic heterocycles. The summed E-state index contributed by atoms with van der Waals surface area (Å²) < 4.78 is 10.5. The first-order valence-corrected chi connectivity index (χ1v) is 11.1. The normalized spacial score (nSPS) is 15.6. The molecule has 0 unspecified atom stereocenters. The number of thiophene rings is 1. The fraction of sp³-hybridized carbons (Fsp3) is 0.348. The fourth-order valence-electron chi connectivity index (χ4n) is 3.25. The second-order valence-corrected chi connectivity index (χ2v) is 8.33. The molecule has 2 amide bonds. The van der Waals surface area contributed by atoms with Gasteiger partial charge in [0.1, 0.15) is 18.0 Å². The largest absolute Gasteiger partial charge is 0.507 e. The molecule has 1 atom stereocenters. The van der Waals surface area contributed by atoms with Crippen LogP contribution in [0.2, 0.25) is 0 Å². The standard InChI is InChI=1S/C23H26N2O6S/c1-30-16-6-7-19(21(27)12-16)20(26)8-9-23(29)25(14-18-5-3-11-32-18)15-22(28)24-13-17-4-2-10-31-17/h3,5-9,11-12,17,27H,2,4,10,13-15H2,1H3,(H,24,28)/b9-8+/t17-/m0/s1. The molecule has 1 aromatic heterocycles. The summed E-state index contributed by atoms with van der Waals surface area (Å²) in [5, 5.41) is 14.7. The van der Waals surface area contributed by atoms with Crippen molar-refractivity contribution in [2.45, 2.75) is 25.5 Å². The summed E-state index contributed by atoms with van der Waals surface area (Å²) in [5.41, 5.74) is 0.0500. The van der Waals surface area contributed by atoms with Crippen LogP contribution < -0.4 is 10.1 Å². The lowest BCUT2D eigenvalue weighted by atomic mass is 10.1. The maximum Gasteiger partial charge on any atom is 0.247 e. The lowest BCUT2D eigenvalue weighted by Gasteiger charge is -2.20. The number of amides is 2. The van der Waals surface area contributed by atoms with E-state index in [9.17, 15) is 19.5 Å². The second kappa shape index (κ2) is 11.4. The smallest absolute Gasteiger partial charge is 0.247 e. The molecule has 0 spiro atoms. The molecule has 8 nitrogen and oxygen atoms in total. The molecule has 1 aliphatic rings. The number of nitrogens with zero attached hydrogens (tertiary/aromatic N) is 1. The van der Waals surface area contributed by atoms with Gasteiger partial charge in [0.25, 0.3) is 0 Å². The molecule has 0 bridgehead atoms. The number of ether oxygens (including phenoxy) is 2. The van der Waals surface area contributed by atoms with Gasteiger partial charge in [-0.1, -0.05) is 6.07 Å². The summed E-state index contributed by atoms with van der Waals surface area (Å²) >= 11 is 1.47. The number of phenolic OH excluding ortho intramolecular Hbond substituents is 1. The van der Waals surface area contributed by atoms with Gasteiger partial charge in [-0.15, -0.1) is 11.3 Å². The quantitative estimate of drug-likeness (QED) is 0.419. The summed E-state index contributed by atoms with van der Waals surface area (Å²) in [6.07, 6.45) is 4.10.